The molecule has 2 saturated heterocycles. The number of allylic oxidation sites excluding steroid dienone is 1. The van der Waals surface area contributed by atoms with E-state index in [2.05, 4.69) is 12.2 Å². The molecule has 12 atom stereocenters. The maximum Gasteiger partial charge on any atom is 0.220 e. The van der Waals surface area contributed by atoms with Gasteiger partial charge in [0.05, 0.1) is 32.0 Å². The summed E-state index contributed by atoms with van der Waals surface area (Å²) in [7, 11) is 0. The van der Waals surface area contributed by atoms with Crippen LogP contribution < -0.4 is 5.32 Å². The molecule has 300 valence electrons. The molecule has 0 aromatic heterocycles. The Morgan fingerprint density at radius 2 is 1.22 bits per heavy atom. The van der Waals surface area contributed by atoms with Crippen LogP contribution in [0.3, 0.4) is 0 Å². The van der Waals surface area contributed by atoms with Gasteiger partial charge in [-0.25, -0.2) is 0 Å². The SMILES string of the molecule is CCCCCCCCCCCCCC/C=C/C(O)C(COC1OC(CO)C(OC2OC(CO)C(O)C(O)C2O)C(O)C1O)NC(=O)CCCCC. The molecule has 14 nitrogen and oxygen atoms in total. The van der Waals surface area contributed by atoms with E-state index in [1.807, 2.05) is 13.0 Å². The van der Waals surface area contributed by atoms with Gasteiger partial charge < -0.3 is 65.1 Å². The van der Waals surface area contributed by atoms with E-state index in [1.165, 1.54) is 64.2 Å². The maximum absolute atomic E-state index is 12.7. The van der Waals surface area contributed by atoms with Crippen molar-refractivity contribution < 1.29 is 64.6 Å². The van der Waals surface area contributed by atoms with E-state index >= 15 is 0 Å². The summed E-state index contributed by atoms with van der Waals surface area (Å²) >= 11 is 0. The highest BCUT2D eigenvalue weighted by Crippen LogP contribution is 2.29. The van der Waals surface area contributed by atoms with E-state index in [1.54, 1.807) is 6.08 Å². The maximum atomic E-state index is 12.7. The van der Waals surface area contributed by atoms with Crippen LogP contribution in [-0.4, -0.2) is 140 Å². The van der Waals surface area contributed by atoms with Gasteiger partial charge in [0.25, 0.3) is 0 Å². The molecule has 1 amide bonds. The Morgan fingerprint density at radius 1 is 0.686 bits per heavy atom. The predicted octanol–water partition coefficient (Wildman–Crippen LogP) is 1.70. The molecule has 0 saturated carbocycles. The average Bonchev–Trinajstić information content (AvgIpc) is 3.12. The number of ether oxygens (including phenoxy) is 4. The van der Waals surface area contributed by atoms with Crippen LogP contribution in [0.4, 0.5) is 0 Å². The lowest BCUT2D eigenvalue weighted by atomic mass is 9.97. The smallest absolute Gasteiger partial charge is 0.220 e. The Bertz CT molecular complexity index is 925. The van der Waals surface area contributed by atoms with Crippen LogP contribution in [0, 0.1) is 0 Å². The van der Waals surface area contributed by atoms with Gasteiger partial charge in [0.15, 0.2) is 12.6 Å². The monoisotopic (exact) mass is 735 g/mol. The Morgan fingerprint density at radius 3 is 1.80 bits per heavy atom. The first kappa shape index (κ1) is 45.9. The Balaban J connectivity index is 1.89. The van der Waals surface area contributed by atoms with Crippen molar-refractivity contribution >= 4 is 5.91 Å². The van der Waals surface area contributed by atoms with Gasteiger partial charge in [0.2, 0.25) is 5.91 Å². The van der Waals surface area contributed by atoms with Gasteiger partial charge in [0.1, 0.15) is 48.8 Å². The largest absolute Gasteiger partial charge is 0.394 e. The molecule has 2 fully saturated rings. The van der Waals surface area contributed by atoms with Gasteiger partial charge in [-0.15, -0.1) is 0 Å². The molecular formula is C37H69NO13. The molecule has 2 aliphatic heterocycles. The third kappa shape index (κ3) is 16.3. The van der Waals surface area contributed by atoms with Crippen molar-refractivity contribution in [1.82, 2.24) is 5.32 Å². The van der Waals surface area contributed by atoms with E-state index in [-0.39, 0.29) is 18.9 Å². The summed E-state index contributed by atoms with van der Waals surface area (Å²) in [5.41, 5.74) is 0. The first-order valence-electron chi connectivity index (χ1n) is 19.4. The molecule has 51 heavy (non-hydrogen) atoms. The van der Waals surface area contributed by atoms with E-state index in [4.69, 9.17) is 18.9 Å². The van der Waals surface area contributed by atoms with Gasteiger partial charge >= 0.3 is 0 Å². The normalized spacial score (nSPS) is 31.2. The van der Waals surface area contributed by atoms with Gasteiger partial charge in [-0.2, -0.15) is 0 Å². The summed E-state index contributed by atoms with van der Waals surface area (Å²) in [6, 6.07) is -0.902. The third-order valence-electron chi connectivity index (χ3n) is 9.72. The van der Waals surface area contributed by atoms with Crippen LogP contribution in [0.1, 0.15) is 123 Å². The zero-order valence-corrected chi connectivity index (χ0v) is 30.8. The molecule has 0 bridgehead atoms. The zero-order chi connectivity index (χ0) is 37.6. The first-order valence-corrected chi connectivity index (χ1v) is 19.4. The molecule has 0 radical (unpaired) electrons. The Hall–Kier alpha value is -1.27. The topological polar surface area (TPSA) is 228 Å². The number of carbonyl (C=O) groups is 1. The van der Waals surface area contributed by atoms with E-state index < -0.39 is 86.8 Å². The van der Waals surface area contributed by atoms with Crippen LogP contribution >= 0.6 is 0 Å². The highest BCUT2D eigenvalue weighted by molar-refractivity contribution is 5.76. The molecule has 12 unspecified atom stereocenters. The number of unbranched alkanes of at least 4 members (excludes halogenated alkanes) is 14. The van der Waals surface area contributed by atoms with Crippen LogP contribution in [0.2, 0.25) is 0 Å². The van der Waals surface area contributed by atoms with E-state index in [0.717, 1.165) is 32.1 Å². The number of rotatable bonds is 27. The molecule has 14 heteroatoms. The number of aliphatic hydroxyl groups is 8. The highest BCUT2D eigenvalue weighted by atomic mass is 16.7. The quantitative estimate of drug-likeness (QED) is 0.0433. The van der Waals surface area contributed by atoms with E-state index in [9.17, 15) is 45.6 Å². The molecule has 0 aromatic rings. The molecule has 2 rings (SSSR count). The summed E-state index contributed by atoms with van der Waals surface area (Å²) < 4.78 is 22.4. The van der Waals surface area contributed by atoms with Crippen LogP contribution in [0.25, 0.3) is 0 Å². The number of hydrogen-bond acceptors (Lipinski definition) is 13. The lowest BCUT2D eigenvalue weighted by molar-refractivity contribution is -0.359. The molecular weight excluding hydrogens is 666 g/mol. The molecule has 2 heterocycles. The van der Waals surface area contributed by atoms with Crippen molar-refractivity contribution in [2.24, 2.45) is 0 Å². The van der Waals surface area contributed by atoms with Crippen molar-refractivity contribution in [1.29, 1.82) is 0 Å². The lowest BCUT2D eigenvalue weighted by Crippen LogP contribution is -2.65. The van der Waals surface area contributed by atoms with Crippen LogP contribution in [0.15, 0.2) is 12.2 Å². The second-order valence-corrected chi connectivity index (χ2v) is 14.1. The predicted molar refractivity (Wildman–Crippen MR) is 189 cm³/mol. The molecule has 0 aliphatic carbocycles. The third-order valence-corrected chi connectivity index (χ3v) is 9.72. The number of aliphatic hydroxyl groups excluding tert-OH is 8. The summed E-state index contributed by atoms with van der Waals surface area (Å²) in [6.45, 7) is 2.55. The van der Waals surface area contributed by atoms with Gasteiger partial charge in [-0.05, 0) is 19.3 Å². The molecule has 0 spiro atoms. The minimum Gasteiger partial charge on any atom is -0.394 e. The van der Waals surface area contributed by atoms with Crippen LogP contribution in [0.5, 0.6) is 0 Å². The molecule has 2 aliphatic rings. The fourth-order valence-electron chi connectivity index (χ4n) is 6.40. The number of nitrogens with one attached hydrogen (secondary N) is 1. The number of carbonyl (C=O) groups excluding carboxylic acids is 1. The number of amides is 1. The summed E-state index contributed by atoms with van der Waals surface area (Å²) in [6.07, 6.45) is 5.13. The fourth-order valence-corrected chi connectivity index (χ4v) is 6.40. The van der Waals surface area contributed by atoms with Gasteiger partial charge in [0, 0.05) is 6.42 Å². The zero-order valence-electron chi connectivity index (χ0n) is 30.8. The Kier molecular flexibility index (Phi) is 23.8. The minimum atomic E-state index is -1.78. The van der Waals surface area contributed by atoms with Crippen molar-refractivity contribution in [2.45, 2.75) is 197 Å². The fraction of sp³-hybridized carbons (Fsp3) is 0.919. The average molecular weight is 736 g/mol. The summed E-state index contributed by atoms with van der Waals surface area (Å²) in [4.78, 5) is 12.7. The second kappa shape index (κ2) is 26.5. The standard InChI is InChI=1S/C37H69NO13/c1-3-5-7-8-9-10-11-12-13-14-15-16-17-19-20-26(41)25(38-29(42)21-18-6-4-2)24-48-36-34(47)32(45)35(28(23-40)50-36)51-37-33(46)31(44)30(43)27(22-39)49-37/h19-20,25-28,30-37,39-41,43-47H,3-18,21-24H2,1-2H3,(H,38,42)/b20-19+. The first-order chi connectivity index (χ1) is 24.6. The highest BCUT2D eigenvalue weighted by Gasteiger charge is 2.50. The second-order valence-electron chi connectivity index (χ2n) is 14.1. The van der Waals surface area contributed by atoms with Gasteiger partial charge in [-0.3, -0.25) is 4.79 Å². The summed E-state index contributed by atoms with van der Waals surface area (Å²) in [5.74, 6) is -0.267. The van der Waals surface area contributed by atoms with Gasteiger partial charge in [-0.1, -0.05) is 109 Å². The molecule has 0 aromatic carbocycles. The van der Waals surface area contributed by atoms with Crippen LogP contribution in [-0.2, 0) is 23.7 Å². The summed E-state index contributed by atoms with van der Waals surface area (Å²) in [5, 5.41) is 85.6. The number of hydrogen-bond donors (Lipinski definition) is 9. The van der Waals surface area contributed by atoms with Crippen molar-refractivity contribution in [3.63, 3.8) is 0 Å². The van der Waals surface area contributed by atoms with Crippen molar-refractivity contribution in [3.05, 3.63) is 12.2 Å². The Labute approximate surface area is 304 Å². The molecule has 9 N–H and O–H groups in total. The van der Waals surface area contributed by atoms with E-state index in [0.29, 0.717) is 6.42 Å². The lowest BCUT2D eigenvalue weighted by Gasteiger charge is -2.46. The van der Waals surface area contributed by atoms with Crippen molar-refractivity contribution in [3.8, 4) is 0 Å². The minimum absolute atomic E-state index is 0.267. The van der Waals surface area contributed by atoms with Crippen molar-refractivity contribution in [2.75, 3.05) is 19.8 Å².